The van der Waals surface area contributed by atoms with E-state index >= 15 is 0 Å². The molecule has 1 atom stereocenters. The quantitative estimate of drug-likeness (QED) is 0.658. The first kappa shape index (κ1) is 14.3. The van der Waals surface area contributed by atoms with Crippen LogP contribution in [-0.4, -0.2) is 13.2 Å². The number of ether oxygens (including phenoxy) is 2. The Labute approximate surface area is 130 Å². The summed E-state index contributed by atoms with van der Waals surface area (Å²) < 4.78 is 26.1. The third kappa shape index (κ3) is 2.74. The summed E-state index contributed by atoms with van der Waals surface area (Å²) in [6, 6.07) is 9.72. The van der Waals surface area contributed by atoms with Gasteiger partial charge in [0.2, 0.25) is 0 Å². The van der Waals surface area contributed by atoms with E-state index in [9.17, 15) is 4.39 Å². The van der Waals surface area contributed by atoms with Crippen molar-refractivity contribution < 1.29 is 13.9 Å². The molecule has 1 heterocycles. The summed E-state index contributed by atoms with van der Waals surface area (Å²) in [5, 5.41) is 0. The Morgan fingerprint density at radius 3 is 2.76 bits per heavy atom. The number of hydrogen-bond acceptors (Lipinski definition) is 4. The fraction of sp³-hybridized carbons (Fsp3) is 0.200. The van der Waals surface area contributed by atoms with E-state index in [2.05, 4.69) is 21.4 Å². The molecule has 0 aliphatic carbocycles. The van der Waals surface area contributed by atoms with Crippen molar-refractivity contribution in [2.45, 2.75) is 6.04 Å². The average molecular weight is 353 g/mol. The Balaban J connectivity index is 2.10. The number of hydrogen-bond donors (Lipinski definition) is 2. The van der Waals surface area contributed by atoms with Crippen LogP contribution in [0.1, 0.15) is 17.2 Å². The maximum atomic E-state index is 14.1. The second-order valence-electron chi connectivity index (χ2n) is 4.64. The number of benzene rings is 2. The minimum atomic E-state index is -0.529. The minimum Gasteiger partial charge on any atom is -0.486 e. The second-order valence-corrected chi connectivity index (χ2v) is 5.55. The molecule has 0 aromatic heterocycles. The topological polar surface area (TPSA) is 56.5 Å². The van der Waals surface area contributed by atoms with E-state index in [1.54, 1.807) is 12.1 Å². The summed E-state index contributed by atoms with van der Waals surface area (Å²) in [5.74, 6) is 6.57. The summed E-state index contributed by atoms with van der Waals surface area (Å²) in [4.78, 5) is 0. The van der Waals surface area contributed by atoms with E-state index in [0.717, 1.165) is 10.0 Å². The van der Waals surface area contributed by atoms with Crippen molar-refractivity contribution in [1.29, 1.82) is 0 Å². The van der Waals surface area contributed by atoms with Crippen LogP contribution in [0.5, 0.6) is 11.5 Å². The lowest BCUT2D eigenvalue weighted by Gasteiger charge is -2.25. The lowest BCUT2D eigenvalue weighted by molar-refractivity contribution is 0.169. The SMILES string of the molecule is NNC(c1cc(Br)ccc1F)c1cccc2c1OCCO2. The molecular weight excluding hydrogens is 339 g/mol. The lowest BCUT2D eigenvalue weighted by Crippen LogP contribution is -2.30. The summed E-state index contributed by atoms with van der Waals surface area (Å²) in [7, 11) is 0. The maximum absolute atomic E-state index is 14.1. The van der Waals surface area contributed by atoms with Gasteiger partial charge >= 0.3 is 0 Å². The van der Waals surface area contributed by atoms with Gasteiger partial charge in [-0.3, -0.25) is 5.84 Å². The van der Waals surface area contributed by atoms with Crippen molar-refractivity contribution in [3.05, 3.63) is 57.8 Å². The molecule has 2 aromatic rings. The van der Waals surface area contributed by atoms with Crippen molar-refractivity contribution in [2.75, 3.05) is 13.2 Å². The summed E-state index contributed by atoms with van der Waals surface area (Å²) in [6.07, 6.45) is 0. The summed E-state index contributed by atoms with van der Waals surface area (Å²) in [6.45, 7) is 0.963. The molecule has 1 aliphatic rings. The number of hydrazine groups is 1. The van der Waals surface area contributed by atoms with Gasteiger partial charge in [-0.1, -0.05) is 28.1 Å². The van der Waals surface area contributed by atoms with Crippen LogP contribution < -0.4 is 20.7 Å². The Kier molecular flexibility index (Phi) is 4.10. The predicted molar refractivity (Wildman–Crippen MR) is 80.7 cm³/mol. The molecule has 1 unspecified atom stereocenters. The molecule has 3 rings (SSSR count). The van der Waals surface area contributed by atoms with Crippen LogP contribution in [0, 0.1) is 5.82 Å². The van der Waals surface area contributed by atoms with Crippen LogP contribution in [0.25, 0.3) is 0 Å². The molecule has 0 amide bonds. The number of nitrogens with one attached hydrogen (secondary N) is 1. The molecule has 4 nitrogen and oxygen atoms in total. The van der Waals surface area contributed by atoms with Crippen molar-refractivity contribution in [2.24, 2.45) is 5.84 Å². The van der Waals surface area contributed by atoms with E-state index in [1.165, 1.54) is 6.07 Å². The van der Waals surface area contributed by atoms with Crippen LogP contribution in [-0.2, 0) is 0 Å². The molecule has 0 spiro atoms. The zero-order chi connectivity index (χ0) is 14.8. The number of nitrogens with two attached hydrogens (primary N) is 1. The Hall–Kier alpha value is -1.63. The van der Waals surface area contributed by atoms with Crippen LogP contribution in [0.15, 0.2) is 40.9 Å². The smallest absolute Gasteiger partial charge is 0.166 e. The zero-order valence-electron chi connectivity index (χ0n) is 11.1. The van der Waals surface area contributed by atoms with E-state index in [1.807, 2.05) is 18.2 Å². The Morgan fingerprint density at radius 2 is 1.95 bits per heavy atom. The summed E-state index contributed by atoms with van der Waals surface area (Å²) >= 11 is 3.35. The van der Waals surface area contributed by atoms with E-state index in [-0.39, 0.29) is 5.82 Å². The Bertz CT molecular complexity index is 666. The van der Waals surface area contributed by atoms with Gasteiger partial charge in [-0.25, -0.2) is 9.82 Å². The highest BCUT2D eigenvalue weighted by Crippen LogP contribution is 2.39. The van der Waals surface area contributed by atoms with Crippen molar-refractivity contribution >= 4 is 15.9 Å². The van der Waals surface area contributed by atoms with E-state index in [0.29, 0.717) is 30.3 Å². The number of halogens is 2. The van der Waals surface area contributed by atoms with Crippen molar-refractivity contribution in [3.8, 4) is 11.5 Å². The van der Waals surface area contributed by atoms with E-state index in [4.69, 9.17) is 15.3 Å². The van der Waals surface area contributed by atoms with Gasteiger partial charge in [0, 0.05) is 15.6 Å². The largest absolute Gasteiger partial charge is 0.486 e. The monoisotopic (exact) mass is 352 g/mol. The summed E-state index contributed by atoms with van der Waals surface area (Å²) in [5.41, 5.74) is 3.84. The van der Waals surface area contributed by atoms with E-state index < -0.39 is 6.04 Å². The fourth-order valence-corrected chi connectivity index (χ4v) is 2.79. The highest BCUT2D eigenvalue weighted by molar-refractivity contribution is 9.10. The molecule has 110 valence electrons. The molecule has 3 N–H and O–H groups in total. The molecule has 0 fully saturated rings. The maximum Gasteiger partial charge on any atom is 0.166 e. The van der Waals surface area contributed by atoms with Gasteiger partial charge < -0.3 is 9.47 Å². The molecular formula is C15H14BrFN2O2. The third-order valence-corrected chi connectivity index (χ3v) is 3.84. The van der Waals surface area contributed by atoms with Gasteiger partial charge in [0.05, 0.1) is 6.04 Å². The third-order valence-electron chi connectivity index (χ3n) is 3.34. The molecule has 2 aromatic carbocycles. The molecule has 6 heteroatoms. The van der Waals surface area contributed by atoms with Crippen molar-refractivity contribution in [1.82, 2.24) is 5.43 Å². The van der Waals surface area contributed by atoms with Gasteiger partial charge in [-0.15, -0.1) is 0 Å². The van der Waals surface area contributed by atoms with Gasteiger partial charge in [0.25, 0.3) is 0 Å². The highest BCUT2D eigenvalue weighted by atomic mass is 79.9. The highest BCUT2D eigenvalue weighted by Gasteiger charge is 2.24. The number of fused-ring (bicyclic) bond motifs is 1. The van der Waals surface area contributed by atoms with Gasteiger partial charge in [0.1, 0.15) is 19.0 Å². The molecule has 0 saturated carbocycles. The normalized spacial score (nSPS) is 14.8. The number of rotatable bonds is 3. The predicted octanol–water partition coefficient (Wildman–Crippen LogP) is 2.91. The molecule has 0 radical (unpaired) electrons. The number of para-hydroxylation sites is 1. The standard InChI is InChI=1S/C15H14BrFN2O2/c16-9-4-5-12(17)11(8-9)14(19-18)10-2-1-3-13-15(10)21-7-6-20-13/h1-5,8,14,19H,6-7,18H2. The van der Waals surface area contributed by atoms with Crippen LogP contribution >= 0.6 is 15.9 Å². The molecule has 21 heavy (non-hydrogen) atoms. The Morgan fingerprint density at radius 1 is 1.14 bits per heavy atom. The average Bonchev–Trinajstić information content (AvgIpc) is 2.51. The van der Waals surface area contributed by atoms with Crippen molar-refractivity contribution in [3.63, 3.8) is 0 Å². The first-order chi connectivity index (χ1) is 10.2. The van der Waals surface area contributed by atoms with Gasteiger partial charge in [-0.05, 0) is 24.3 Å². The zero-order valence-corrected chi connectivity index (χ0v) is 12.7. The second kappa shape index (κ2) is 6.01. The molecule has 0 saturated heterocycles. The fourth-order valence-electron chi connectivity index (χ4n) is 2.41. The van der Waals surface area contributed by atoms with Gasteiger partial charge in [-0.2, -0.15) is 0 Å². The van der Waals surface area contributed by atoms with Crippen LogP contribution in [0.3, 0.4) is 0 Å². The first-order valence-electron chi connectivity index (χ1n) is 6.50. The van der Waals surface area contributed by atoms with Crippen LogP contribution in [0.2, 0.25) is 0 Å². The molecule has 1 aliphatic heterocycles. The van der Waals surface area contributed by atoms with Gasteiger partial charge in [0.15, 0.2) is 11.5 Å². The lowest BCUT2D eigenvalue weighted by atomic mass is 9.97. The first-order valence-corrected chi connectivity index (χ1v) is 7.29. The minimum absolute atomic E-state index is 0.338. The molecule has 0 bridgehead atoms. The van der Waals surface area contributed by atoms with Crippen LogP contribution in [0.4, 0.5) is 4.39 Å².